The average molecular weight is 609 g/mol. The molecule has 1 aromatic carbocycles. The van der Waals surface area contributed by atoms with Crippen LogP contribution in [0.3, 0.4) is 0 Å². The van der Waals surface area contributed by atoms with E-state index in [4.69, 9.17) is 14.2 Å². The highest BCUT2D eigenvalue weighted by molar-refractivity contribution is 5.92. The number of ether oxygens (including phenoxy) is 3. The molecular formula is C36H52N2O6. The molecule has 0 unspecified atom stereocenters. The zero-order valence-corrected chi connectivity index (χ0v) is 27.8. The number of piperazine rings is 1. The van der Waals surface area contributed by atoms with Crippen LogP contribution in [0.2, 0.25) is 0 Å². The van der Waals surface area contributed by atoms with E-state index >= 15 is 0 Å². The molecule has 44 heavy (non-hydrogen) atoms. The Morgan fingerprint density at radius 1 is 0.977 bits per heavy atom. The van der Waals surface area contributed by atoms with Gasteiger partial charge in [0.05, 0.1) is 27.4 Å². The number of rotatable bonds is 9. The van der Waals surface area contributed by atoms with Gasteiger partial charge in [-0.25, -0.2) is 0 Å². The number of hydrogen-bond acceptors (Lipinski definition) is 6. The normalized spacial score (nSPS) is 27.2. The van der Waals surface area contributed by atoms with E-state index in [-0.39, 0.29) is 28.7 Å². The van der Waals surface area contributed by atoms with Crippen LogP contribution in [0.1, 0.15) is 71.8 Å². The summed E-state index contributed by atoms with van der Waals surface area (Å²) in [5.74, 6) is 2.32. The molecule has 3 aliphatic rings. The highest BCUT2D eigenvalue weighted by Gasteiger charge is 2.55. The molecule has 1 N–H and O–H groups in total. The standard InChI is InChI=1S/C36H52N2O6/c1-24(9-12-27-25(2)10-13-30-35(3,4)31(39)15-16-36(27,30)5)21-33(41)38-19-17-37(18-20-38)32(40)14-11-26-22-28(42-6)34(44-8)29(23-26)43-7/h11,14,21-23,27,30-31,39H,2,9-10,12-13,15-20H2,1,3-8H3/b14-11+,24-21+/t27-,30-,31-,36+/m1/s1. The summed E-state index contributed by atoms with van der Waals surface area (Å²) in [5, 5.41) is 10.7. The van der Waals surface area contributed by atoms with E-state index < -0.39 is 0 Å². The molecule has 0 aromatic heterocycles. The molecule has 0 radical (unpaired) electrons. The van der Waals surface area contributed by atoms with Crippen molar-refractivity contribution in [2.75, 3.05) is 47.5 Å². The summed E-state index contributed by atoms with van der Waals surface area (Å²) in [5.41, 5.74) is 3.20. The van der Waals surface area contributed by atoms with Crippen LogP contribution < -0.4 is 14.2 Å². The van der Waals surface area contributed by atoms with Crippen LogP contribution in [0.15, 0.2) is 42.0 Å². The van der Waals surface area contributed by atoms with Gasteiger partial charge >= 0.3 is 0 Å². The van der Waals surface area contributed by atoms with Crippen molar-refractivity contribution >= 4 is 17.9 Å². The Morgan fingerprint density at radius 3 is 2.14 bits per heavy atom. The van der Waals surface area contributed by atoms with Crippen LogP contribution in [0.5, 0.6) is 17.2 Å². The largest absolute Gasteiger partial charge is 0.493 e. The summed E-state index contributed by atoms with van der Waals surface area (Å²) in [6, 6.07) is 3.58. The molecule has 8 nitrogen and oxygen atoms in total. The maximum Gasteiger partial charge on any atom is 0.246 e. The minimum absolute atomic E-state index is 0.0102. The van der Waals surface area contributed by atoms with Gasteiger partial charge in [-0.3, -0.25) is 9.59 Å². The van der Waals surface area contributed by atoms with Crippen molar-refractivity contribution in [2.24, 2.45) is 22.7 Å². The highest BCUT2D eigenvalue weighted by Crippen LogP contribution is 2.61. The van der Waals surface area contributed by atoms with E-state index in [1.54, 1.807) is 56.6 Å². The van der Waals surface area contributed by atoms with Gasteiger partial charge in [0.15, 0.2) is 11.5 Å². The van der Waals surface area contributed by atoms with Crippen molar-refractivity contribution in [3.05, 3.63) is 47.6 Å². The monoisotopic (exact) mass is 608 g/mol. The highest BCUT2D eigenvalue weighted by atomic mass is 16.5. The van der Waals surface area contributed by atoms with E-state index in [2.05, 4.69) is 27.4 Å². The molecule has 3 fully saturated rings. The van der Waals surface area contributed by atoms with Crippen LogP contribution in [-0.4, -0.2) is 80.3 Å². The number of nitrogens with zero attached hydrogens (tertiary/aromatic N) is 2. The van der Waals surface area contributed by atoms with Gasteiger partial charge in [-0.05, 0) is 91.9 Å². The van der Waals surface area contributed by atoms with Gasteiger partial charge < -0.3 is 29.1 Å². The Bertz CT molecular complexity index is 1270. The summed E-state index contributed by atoms with van der Waals surface area (Å²) >= 11 is 0. The van der Waals surface area contributed by atoms with Gasteiger partial charge in [0.25, 0.3) is 0 Å². The van der Waals surface area contributed by atoms with E-state index in [0.29, 0.717) is 55.3 Å². The van der Waals surface area contributed by atoms with Gasteiger partial charge in [0.2, 0.25) is 17.6 Å². The predicted molar refractivity (Wildman–Crippen MR) is 174 cm³/mol. The number of benzene rings is 1. The molecule has 1 aliphatic heterocycles. The summed E-state index contributed by atoms with van der Waals surface area (Å²) in [4.78, 5) is 29.7. The third-order valence-corrected chi connectivity index (χ3v) is 10.8. The van der Waals surface area contributed by atoms with Crippen molar-refractivity contribution in [1.82, 2.24) is 9.80 Å². The molecule has 1 saturated heterocycles. The minimum atomic E-state index is -0.250. The molecule has 4 atom stereocenters. The molecule has 242 valence electrons. The number of fused-ring (bicyclic) bond motifs is 1. The molecule has 0 spiro atoms. The minimum Gasteiger partial charge on any atom is -0.493 e. The van der Waals surface area contributed by atoms with Crippen LogP contribution in [0, 0.1) is 22.7 Å². The van der Waals surface area contributed by atoms with Gasteiger partial charge in [-0.1, -0.05) is 38.5 Å². The van der Waals surface area contributed by atoms with Crippen molar-refractivity contribution in [3.63, 3.8) is 0 Å². The summed E-state index contributed by atoms with van der Waals surface area (Å²) in [6.45, 7) is 15.4. The molecule has 8 heteroatoms. The first-order chi connectivity index (χ1) is 20.8. The van der Waals surface area contributed by atoms with Crippen LogP contribution in [-0.2, 0) is 9.59 Å². The fourth-order valence-corrected chi connectivity index (χ4v) is 8.06. The Hall–Kier alpha value is -3.26. The number of amides is 2. The van der Waals surface area contributed by atoms with Crippen molar-refractivity contribution < 1.29 is 28.9 Å². The SMILES string of the molecule is C=C1CC[C@@H]2C(C)(C)[C@H](O)CC[C@@]2(C)[C@@H]1CC/C(C)=C/C(=O)N1CCN(C(=O)/C=C/c2cc(OC)c(OC)c(OC)c2)CC1. The van der Waals surface area contributed by atoms with Crippen molar-refractivity contribution in [3.8, 4) is 17.2 Å². The molecule has 1 heterocycles. The Labute approximate surface area is 263 Å². The van der Waals surface area contributed by atoms with Crippen LogP contribution >= 0.6 is 0 Å². The summed E-state index contributed by atoms with van der Waals surface area (Å²) < 4.78 is 16.2. The average Bonchev–Trinajstić information content (AvgIpc) is 3.00. The molecule has 2 amide bonds. The second-order valence-corrected chi connectivity index (χ2v) is 13.7. The zero-order valence-electron chi connectivity index (χ0n) is 27.8. The second kappa shape index (κ2) is 13.8. The van der Waals surface area contributed by atoms with E-state index in [9.17, 15) is 14.7 Å². The summed E-state index contributed by atoms with van der Waals surface area (Å²) in [6.07, 6.45) is 10.6. The predicted octanol–water partition coefficient (Wildman–Crippen LogP) is 5.89. The number of aliphatic hydroxyl groups excluding tert-OH is 1. The Balaban J connectivity index is 1.30. The number of carbonyl (C=O) groups is 2. The lowest BCUT2D eigenvalue weighted by Gasteiger charge is -2.59. The number of hydrogen-bond donors (Lipinski definition) is 1. The van der Waals surface area contributed by atoms with Crippen LogP contribution in [0.25, 0.3) is 6.08 Å². The van der Waals surface area contributed by atoms with E-state index in [1.807, 2.05) is 11.8 Å². The Kier molecular flexibility index (Phi) is 10.5. The molecule has 2 aliphatic carbocycles. The lowest BCUT2D eigenvalue weighted by molar-refractivity contribution is -0.134. The van der Waals surface area contributed by atoms with E-state index in [0.717, 1.165) is 49.7 Å². The smallest absolute Gasteiger partial charge is 0.246 e. The molecule has 4 rings (SSSR count). The third kappa shape index (κ3) is 6.85. The fraction of sp³-hybridized carbons (Fsp3) is 0.611. The van der Waals surface area contributed by atoms with Gasteiger partial charge in [-0.15, -0.1) is 0 Å². The van der Waals surface area contributed by atoms with Crippen molar-refractivity contribution in [1.29, 1.82) is 0 Å². The molecular weight excluding hydrogens is 556 g/mol. The van der Waals surface area contributed by atoms with Gasteiger partial charge in [-0.2, -0.15) is 0 Å². The molecule has 1 aromatic rings. The topological polar surface area (TPSA) is 88.5 Å². The second-order valence-electron chi connectivity index (χ2n) is 13.7. The zero-order chi connectivity index (χ0) is 32.2. The fourth-order valence-electron chi connectivity index (χ4n) is 8.06. The number of carbonyl (C=O) groups excluding carboxylic acids is 2. The first-order valence-electron chi connectivity index (χ1n) is 15.9. The van der Waals surface area contributed by atoms with Crippen molar-refractivity contribution in [2.45, 2.75) is 72.3 Å². The molecule has 2 saturated carbocycles. The molecule has 0 bridgehead atoms. The maximum absolute atomic E-state index is 13.1. The number of allylic oxidation sites excluding steroid dienone is 2. The van der Waals surface area contributed by atoms with E-state index in [1.165, 1.54) is 5.57 Å². The lowest BCUT2D eigenvalue weighted by atomic mass is 9.46. The van der Waals surface area contributed by atoms with Gasteiger partial charge in [0.1, 0.15) is 0 Å². The first-order valence-corrected chi connectivity index (χ1v) is 15.9. The first kappa shape index (κ1) is 33.6. The number of methoxy groups -OCH3 is 3. The summed E-state index contributed by atoms with van der Waals surface area (Å²) in [7, 11) is 4.66. The third-order valence-electron chi connectivity index (χ3n) is 10.8. The van der Waals surface area contributed by atoms with Crippen LogP contribution in [0.4, 0.5) is 0 Å². The Morgan fingerprint density at radius 2 is 1.57 bits per heavy atom. The quantitative estimate of drug-likeness (QED) is 0.278. The maximum atomic E-state index is 13.1. The number of aliphatic hydroxyl groups is 1. The van der Waals surface area contributed by atoms with Gasteiger partial charge in [0, 0.05) is 38.3 Å². The lowest BCUT2D eigenvalue weighted by Crippen LogP contribution is -2.54.